The third-order valence-electron chi connectivity index (χ3n) is 3.54. The van der Waals surface area contributed by atoms with Crippen molar-refractivity contribution in [2.75, 3.05) is 12.4 Å². The number of aryl methyl sites for hydroxylation is 1. The molecule has 2 N–H and O–H groups in total. The second-order valence-electron chi connectivity index (χ2n) is 5.41. The molecule has 0 saturated heterocycles. The first-order chi connectivity index (χ1) is 11.4. The molecule has 0 heterocycles. The van der Waals surface area contributed by atoms with Crippen molar-refractivity contribution < 1.29 is 18.7 Å². The number of amides is 2. The van der Waals surface area contributed by atoms with Gasteiger partial charge in [0.2, 0.25) is 0 Å². The van der Waals surface area contributed by atoms with E-state index in [9.17, 15) is 14.0 Å². The number of nitrogens with one attached hydrogen (secondary N) is 2. The number of ether oxygens (including phenoxy) is 1. The Hall–Kier alpha value is -2.89. The number of hydrogen-bond acceptors (Lipinski definition) is 3. The summed E-state index contributed by atoms with van der Waals surface area (Å²) in [5.74, 6) is -1.98. The van der Waals surface area contributed by atoms with E-state index in [0.29, 0.717) is 11.3 Å². The van der Waals surface area contributed by atoms with Crippen LogP contribution in [0.5, 0.6) is 5.75 Å². The summed E-state index contributed by atoms with van der Waals surface area (Å²) in [6, 6.07) is 10.9. The van der Waals surface area contributed by atoms with Crippen molar-refractivity contribution >= 4 is 17.5 Å². The molecular weight excluding hydrogens is 311 g/mol. The molecule has 0 radical (unpaired) electrons. The summed E-state index contributed by atoms with van der Waals surface area (Å²) < 4.78 is 18.6. The molecule has 0 bridgehead atoms. The van der Waals surface area contributed by atoms with Crippen LogP contribution in [0.25, 0.3) is 0 Å². The van der Waals surface area contributed by atoms with Crippen LogP contribution in [0.2, 0.25) is 0 Å². The molecule has 2 aromatic carbocycles. The van der Waals surface area contributed by atoms with Crippen molar-refractivity contribution in [1.82, 2.24) is 5.32 Å². The highest BCUT2D eigenvalue weighted by Gasteiger charge is 2.18. The summed E-state index contributed by atoms with van der Waals surface area (Å²) in [6.45, 7) is 3.59. The summed E-state index contributed by atoms with van der Waals surface area (Å²) in [7, 11) is 1.37. The zero-order valence-electron chi connectivity index (χ0n) is 13.7. The molecule has 126 valence electrons. The Morgan fingerprint density at radius 3 is 2.33 bits per heavy atom. The molecule has 0 saturated carbocycles. The van der Waals surface area contributed by atoms with E-state index in [1.165, 1.54) is 19.2 Å². The normalized spacial score (nSPS) is 11.5. The smallest absolute Gasteiger partial charge is 0.313 e. The molecule has 0 aliphatic heterocycles. The Balaban J connectivity index is 1.98. The van der Waals surface area contributed by atoms with Gasteiger partial charge in [-0.2, -0.15) is 0 Å². The standard InChI is InChI=1S/C18H19FN2O3/c1-11-4-7-14(8-5-11)21-18(23)17(22)20-12(2)13-6-9-16(24-3)15(19)10-13/h4-10,12H,1-3H3,(H,20,22)(H,21,23)/t12-/m1/s1. The lowest BCUT2D eigenvalue weighted by Crippen LogP contribution is -2.36. The second-order valence-corrected chi connectivity index (χ2v) is 5.41. The summed E-state index contributed by atoms with van der Waals surface area (Å²) in [6.07, 6.45) is 0. The number of halogens is 1. The number of carbonyl (C=O) groups is 2. The lowest BCUT2D eigenvalue weighted by Gasteiger charge is -2.15. The largest absolute Gasteiger partial charge is 0.494 e. The fraction of sp³-hybridized carbons (Fsp3) is 0.222. The highest BCUT2D eigenvalue weighted by Crippen LogP contribution is 2.21. The van der Waals surface area contributed by atoms with Gasteiger partial charge < -0.3 is 15.4 Å². The number of rotatable bonds is 4. The Morgan fingerprint density at radius 2 is 1.75 bits per heavy atom. The molecule has 2 aromatic rings. The molecule has 0 aliphatic carbocycles. The average Bonchev–Trinajstić information content (AvgIpc) is 2.56. The van der Waals surface area contributed by atoms with Gasteiger partial charge in [0.1, 0.15) is 0 Å². The van der Waals surface area contributed by atoms with Gasteiger partial charge in [0, 0.05) is 5.69 Å². The van der Waals surface area contributed by atoms with E-state index >= 15 is 0 Å². The predicted molar refractivity (Wildman–Crippen MR) is 89.3 cm³/mol. The first kappa shape index (κ1) is 17.5. The maximum atomic E-state index is 13.7. The van der Waals surface area contributed by atoms with Crippen molar-refractivity contribution in [2.24, 2.45) is 0 Å². The quantitative estimate of drug-likeness (QED) is 0.847. The van der Waals surface area contributed by atoms with Crippen LogP contribution in [0.15, 0.2) is 42.5 Å². The summed E-state index contributed by atoms with van der Waals surface area (Å²) in [5.41, 5.74) is 2.11. The summed E-state index contributed by atoms with van der Waals surface area (Å²) in [4.78, 5) is 23.9. The van der Waals surface area contributed by atoms with Crippen LogP contribution in [0.3, 0.4) is 0 Å². The molecule has 6 heteroatoms. The molecule has 1 atom stereocenters. The monoisotopic (exact) mass is 330 g/mol. The van der Waals surface area contributed by atoms with Gasteiger partial charge in [0.15, 0.2) is 11.6 Å². The van der Waals surface area contributed by atoms with Gasteiger partial charge >= 0.3 is 11.8 Å². The fourth-order valence-electron chi connectivity index (χ4n) is 2.12. The summed E-state index contributed by atoms with van der Waals surface area (Å²) >= 11 is 0. The number of carbonyl (C=O) groups excluding carboxylic acids is 2. The highest BCUT2D eigenvalue weighted by atomic mass is 19.1. The third kappa shape index (κ3) is 4.32. The average molecular weight is 330 g/mol. The number of methoxy groups -OCH3 is 1. The van der Waals surface area contributed by atoms with Gasteiger partial charge in [0.25, 0.3) is 0 Å². The number of benzene rings is 2. The van der Waals surface area contributed by atoms with E-state index in [1.807, 2.05) is 19.1 Å². The fourth-order valence-corrected chi connectivity index (χ4v) is 2.12. The Morgan fingerprint density at radius 1 is 1.08 bits per heavy atom. The Bertz CT molecular complexity index is 744. The molecule has 0 unspecified atom stereocenters. The number of hydrogen-bond donors (Lipinski definition) is 2. The van der Waals surface area contributed by atoms with Crippen molar-refractivity contribution in [3.05, 3.63) is 59.4 Å². The van der Waals surface area contributed by atoms with Crippen LogP contribution in [-0.4, -0.2) is 18.9 Å². The van der Waals surface area contributed by atoms with Crippen molar-refractivity contribution in [1.29, 1.82) is 0 Å². The van der Waals surface area contributed by atoms with Crippen molar-refractivity contribution in [2.45, 2.75) is 19.9 Å². The summed E-state index contributed by atoms with van der Waals surface area (Å²) in [5, 5.41) is 5.04. The molecule has 5 nitrogen and oxygen atoms in total. The second kappa shape index (κ2) is 7.59. The van der Waals surface area contributed by atoms with E-state index < -0.39 is 23.7 Å². The van der Waals surface area contributed by atoms with Gasteiger partial charge in [-0.3, -0.25) is 9.59 Å². The molecule has 24 heavy (non-hydrogen) atoms. The number of anilines is 1. The first-order valence-electron chi connectivity index (χ1n) is 7.42. The molecular formula is C18H19FN2O3. The van der Waals surface area contributed by atoms with E-state index in [4.69, 9.17) is 4.74 Å². The van der Waals surface area contributed by atoms with E-state index in [-0.39, 0.29) is 5.75 Å². The lowest BCUT2D eigenvalue weighted by atomic mass is 10.1. The van der Waals surface area contributed by atoms with Crippen LogP contribution >= 0.6 is 0 Å². The van der Waals surface area contributed by atoms with Crippen LogP contribution in [-0.2, 0) is 9.59 Å². The van der Waals surface area contributed by atoms with Gasteiger partial charge in [0.05, 0.1) is 13.2 Å². The van der Waals surface area contributed by atoms with E-state index in [0.717, 1.165) is 5.56 Å². The van der Waals surface area contributed by atoms with Gasteiger partial charge in [-0.05, 0) is 43.7 Å². The van der Waals surface area contributed by atoms with Crippen molar-refractivity contribution in [3.8, 4) is 5.75 Å². The maximum Gasteiger partial charge on any atom is 0.313 e. The minimum Gasteiger partial charge on any atom is -0.494 e. The molecule has 0 aliphatic rings. The first-order valence-corrected chi connectivity index (χ1v) is 7.42. The van der Waals surface area contributed by atoms with Crippen LogP contribution in [0.1, 0.15) is 24.1 Å². The molecule has 0 spiro atoms. The highest BCUT2D eigenvalue weighted by molar-refractivity contribution is 6.39. The Kier molecular flexibility index (Phi) is 5.52. The third-order valence-corrected chi connectivity index (χ3v) is 3.54. The minimum atomic E-state index is -0.792. The van der Waals surface area contributed by atoms with Crippen LogP contribution in [0, 0.1) is 12.7 Å². The van der Waals surface area contributed by atoms with Gasteiger partial charge in [-0.15, -0.1) is 0 Å². The predicted octanol–water partition coefficient (Wildman–Crippen LogP) is 2.96. The van der Waals surface area contributed by atoms with Crippen molar-refractivity contribution in [3.63, 3.8) is 0 Å². The topological polar surface area (TPSA) is 67.4 Å². The zero-order valence-corrected chi connectivity index (χ0v) is 13.7. The van der Waals surface area contributed by atoms with E-state index in [1.54, 1.807) is 25.1 Å². The van der Waals surface area contributed by atoms with E-state index in [2.05, 4.69) is 10.6 Å². The van der Waals surface area contributed by atoms with Gasteiger partial charge in [-0.1, -0.05) is 23.8 Å². The minimum absolute atomic E-state index is 0.120. The SMILES string of the molecule is COc1ccc([C@@H](C)NC(=O)C(=O)Nc2ccc(C)cc2)cc1F. The molecule has 0 fully saturated rings. The maximum absolute atomic E-state index is 13.7. The Labute approximate surface area is 139 Å². The van der Waals surface area contributed by atoms with Gasteiger partial charge in [-0.25, -0.2) is 4.39 Å². The lowest BCUT2D eigenvalue weighted by molar-refractivity contribution is -0.136. The molecule has 2 rings (SSSR count). The van der Waals surface area contributed by atoms with Crippen LogP contribution in [0.4, 0.5) is 10.1 Å². The zero-order chi connectivity index (χ0) is 17.7. The van der Waals surface area contributed by atoms with Crippen LogP contribution < -0.4 is 15.4 Å². The molecule has 0 aromatic heterocycles. The molecule has 2 amide bonds.